The van der Waals surface area contributed by atoms with Gasteiger partial charge >= 0.3 is 13.1 Å². The SMILES string of the molecule is CC(C)(C)OC(=O)N1CC([B-](F)(F)F)C2(CCCC2)C1. The van der Waals surface area contributed by atoms with Crippen LogP contribution in [0.4, 0.5) is 17.7 Å². The third-order valence-electron chi connectivity index (χ3n) is 4.42. The fourth-order valence-corrected chi connectivity index (χ4v) is 3.59. The van der Waals surface area contributed by atoms with E-state index in [1.807, 2.05) is 0 Å². The van der Waals surface area contributed by atoms with E-state index < -0.39 is 29.9 Å². The first-order valence-corrected chi connectivity index (χ1v) is 7.21. The molecule has 2 fully saturated rings. The number of hydrogen-bond donors (Lipinski definition) is 0. The van der Waals surface area contributed by atoms with E-state index in [1.165, 1.54) is 4.90 Å². The molecular weight excluding hydrogens is 270 g/mol. The van der Waals surface area contributed by atoms with Gasteiger partial charge in [-0.3, -0.25) is 0 Å². The number of hydrogen-bond acceptors (Lipinski definition) is 2. The molecule has 1 unspecified atom stereocenters. The largest absolute Gasteiger partial charge is 0.483 e. The summed E-state index contributed by atoms with van der Waals surface area (Å²) in [5, 5.41) is 0. The van der Waals surface area contributed by atoms with Crippen molar-refractivity contribution in [1.29, 1.82) is 0 Å². The van der Waals surface area contributed by atoms with E-state index in [0.29, 0.717) is 12.8 Å². The summed E-state index contributed by atoms with van der Waals surface area (Å²) in [5.41, 5.74) is -1.43. The molecule has 1 amide bonds. The van der Waals surface area contributed by atoms with E-state index in [9.17, 15) is 17.7 Å². The second-order valence-electron chi connectivity index (χ2n) is 7.16. The lowest BCUT2D eigenvalue weighted by Crippen LogP contribution is -2.36. The number of carbonyl (C=O) groups is 1. The molecule has 1 saturated heterocycles. The second-order valence-corrected chi connectivity index (χ2v) is 7.16. The Morgan fingerprint density at radius 1 is 1.25 bits per heavy atom. The highest BCUT2D eigenvalue weighted by atomic mass is 19.4. The minimum Gasteiger partial charge on any atom is -0.449 e. The molecule has 0 aromatic heterocycles. The molecule has 0 radical (unpaired) electrons. The predicted octanol–water partition coefficient (Wildman–Crippen LogP) is 4.02. The van der Waals surface area contributed by atoms with Gasteiger partial charge in [-0.05, 0) is 44.8 Å². The van der Waals surface area contributed by atoms with Crippen LogP contribution in [-0.2, 0) is 4.74 Å². The fourth-order valence-electron chi connectivity index (χ4n) is 3.59. The van der Waals surface area contributed by atoms with E-state index in [4.69, 9.17) is 4.74 Å². The molecule has 0 N–H and O–H groups in total. The molecule has 1 spiro atoms. The van der Waals surface area contributed by atoms with Crippen molar-refractivity contribution in [2.24, 2.45) is 5.41 Å². The van der Waals surface area contributed by atoms with Crippen molar-refractivity contribution < 1.29 is 22.5 Å². The smallest absolute Gasteiger partial charge is 0.449 e. The molecule has 1 aliphatic carbocycles. The second kappa shape index (κ2) is 4.84. The third-order valence-corrected chi connectivity index (χ3v) is 4.42. The molecule has 3 nitrogen and oxygen atoms in total. The summed E-state index contributed by atoms with van der Waals surface area (Å²) in [6.07, 6.45) is 2.16. The zero-order valence-electron chi connectivity index (χ0n) is 12.3. The molecule has 0 aromatic carbocycles. The van der Waals surface area contributed by atoms with Gasteiger partial charge in [0.15, 0.2) is 0 Å². The first-order chi connectivity index (χ1) is 9.04. The lowest BCUT2D eigenvalue weighted by molar-refractivity contribution is 0.0273. The van der Waals surface area contributed by atoms with Gasteiger partial charge in [-0.15, -0.1) is 0 Å². The topological polar surface area (TPSA) is 29.5 Å². The Labute approximate surface area is 117 Å². The molecule has 0 aromatic rings. The first kappa shape index (κ1) is 15.5. The zero-order valence-corrected chi connectivity index (χ0v) is 12.3. The van der Waals surface area contributed by atoms with E-state index in [2.05, 4.69) is 0 Å². The summed E-state index contributed by atoms with van der Waals surface area (Å²) in [4.78, 5) is 13.3. The Hall–Kier alpha value is -0.875. The van der Waals surface area contributed by atoms with E-state index in [0.717, 1.165) is 12.8 Å². The highest BCUT2D eigenvalue weighted by Gasteiger charge is 2.56. The molecule has 1 atom stereocenters. The van der Waals surface area contributed by atoms with Gasteiger partial charge in [0, 0.05) is 13.1 Å². The van der Waals surface area contributed by atoms with Crippen molar-refractivity contribution in [1.82, 2.24) is 4.90 Å². The van der Waals surface area contributed by atoms with Gasteiger partial charge < -0.3 is 22.6 Å². The van der Waals surface area contributed by atoms with Crippen molar-refractivity contribution in [2.45, 2.75) is 57.9 Å². The number of amides is 1. The molecule has 2 rings (SSSR count). The van der Waals surface area contributed by atoms with Gasteiger partial charge in [-0.1, -0.05) is 12.8 Å². The number of ether oxygens (including phenoxy) is 1. The average molecular weight is 292 g/mol. The number of carbonyl (C=O) groups excluding carboxylic acids is 1. The van der Waals surface area contributed by atoms with Gasteiger partial charge in [-0.2, -0.15) is 0 Å². The maximum atomic E-state index is 13.3. The zero-order chi connectivity index (χ0) is 15.2. The first-order valence-electron chi connectivity index (χ1n) is 7.21. The van der Waals surface area contributed by atoms with Gasteiger partial charge in [-0.25, -0.2) is 4.79 Å². The van der Waals surface area contributed by atoms with Crippen molar-refractivity contribution in [3.63, 3.8) is 0 Å². The molecule has 116 valence electrons. The third kappa shape index (κ3) is 3.06. The molecule has 20 heavy (non-hydrogen) atoms. The van der Waals surface area contributed by atoms with Crippen molar-refractivity contribution >= 4 is 13.1 Å². The summed E-state index contributed by atoms with van der Waals surface area (Å²) in [6, 6.07) is 0. The number of likely N-dealkylation sites (tertiary alicyclic amines) is 1. The molecule has 1 heterocycles. The fraction of sp³-hybridized carbons (Fsp3) is 0.923. The maximum absolute atomic E-state index is 13.3. The monoisotopic (exact) mass is 292 g/mol. The Bertz CT molecular complexity index is 386. The molecule has 7 heteroatoms. The highest BCUT2D eigenvalue weighted by molar-refractivity contribution is 6.60. The van der Waals surface area contributed by atoms with Crippen LogP contribution in [0.1, 0.15) is 46.5 Å². The van der Waals surface area contributed by atoms with Gasteiger partial charge in [0.1, 0.15) is 5.60 Å². The summed E-state index contributed by atoms with van der Waals surface area (Å²) < 4.78 is 45.2. The van der Waals surface area contributed by atoms with Crippen LogP contribution in [0.2, 0.25) is 5.82 Å². The lowest BCUT2D eigenvalue weighted by atomic mass is 9.58. The van der Waals surface area contributed by atoms with Crippen molar-refractivity contribution in [3.8, 4) is 0 Å². The van der Waals surface area contributed by atoms with E-state index in [1.54, 1.807) is 20.8 Å². The van der Waals surface area contributed by atoms with Gasteiger partial charge in [0.05, 0.1) is 0 Å². The van der Waals surface area contributed by atoms with Crippen LogP contribution in [0.15, 0.2) is 0 Å². The standard InChI is InChI=1S/C13H22BF3NO2/c1-12(2,3)20-11(19)18-8-10(14(15,16)17)13(9-18)6-4-5-7-13/h10H,4-9H2,1-3H3/q-1. The lowest BCUT2D eigenvalue weighted by Gasteiger charge is -2.36. The summed E-state index contributed by atoms with van der Waals surface area (Å²) in [7, 11) is 0. The maximum Gasteiger partial charge on any atom is 0.483 e. The Balaban J connectivity index is 2.14. The minimum absolute atomic E-state index is 0.188. The number of halogens is 3. The minimum atomic E-state index is -4.93. The van der Waals surface area contributed by atoms with Crippen LogP contribution in [0.3, 0.4) is 0 Å². The summed E-state index contributed by atoms with van der Waals surface area (Å²) in [6.45, 7) is 0.182. The van der Waals surface area contributed by atoms with Gasteiger partial charge in [0.25, 0.3) is 0 Å². The van der Waals surface area contributed by atoms with Crippen molar-refractivity contribution in [3.05, 3.63) is 0 Å². The normalized spacial score (nSPS) is 26.3. The van der Waals surface area contributed by atoms with Crippen LogP contribution >= 0.6 is 0 Å². The van der Waals surface area contributed by atoms with Crippen molar-refractivity contribution in [2.75, 3.05) is 13.1 Å². The Kier molecular flexibility index (Phi) is 3.76. The molecule has 2 aliphatic rings. The molecule has 1 saturated carbocycles. The van der Waals surface area contributed by atoms with Crippen LogP contribution in [0.25, 0.3) is 0 Å². The Morgan fingerprint density at radius 3 is 2.25 bits per heavy atom. The number of nitrogens with zero attached hydrogens (tertiary/aromatic N) is 1. The quantitative estimate of drug-likeness (QED) is 0.683. The summed E-state index contributed by atoms with van der Waals surface area (Å²) in [5.74, 6) is -1.35. The molecular formula is C13H22BF3NO2-. The predicted molar refractivity (Wildman–Crippen MR) is 71.5 cm³/mol. The number of rotatable bonds is 1. The van der Waals surface area contributed by atoms with Crippen LogP contribution in [0.5, 0.6) is 0 Å². The average Bonchev–Trinajstić information content (AvgIpc) is 2.83. The molecule has 0 bridgehead atoms. The van der Waals surface area contributed by atoms with E-state index in [-0.39, 0.29) is 13.1 Å². The molecule has 1 aliphatic heterocycles. The van der Waals surface area contributed by atoms with Gasteiger partial charge in [0.2, 0.25) is 0 Å². The van der Waals surface area contributed by atoms with Crippen LogP contribution in [-0.4, -0.2) is 36.7 Å². The van der Waals surface area contributed by atoms with E-state index >= 15 is 0 Å². The highest BCUT2D eigenvalue weighted by Crippen LogP contribution is 2.56. The van der Waals surface area contributed by atoms with Crippen LogP contribution < -0.4 is 0 Å². The summed E-state index contributed by atoms with van der Waals surface area (Å²) >= 11 is 0. The Morgan fingerprint density at radius 2 is 1.80 bits per heavy atom. The van der Waals surface area contributed by atoms with Crippen LogP contribution in [0, 0.1) is 5.41 Å².